The normalized spacial score (nSPS) is 12.7. The lowest BCUT2D eigenvalue weighted by Gasteiger charge is -2.14. The fraction of sp³-hybridized carbons (Fsp3) is 0.667. The Morgan fingerprint density at radius 1 is 1.58 bits per heavy atom. The summed E-state index contributed by atoms with van der Waals surface area (Å²) in [5, 5.41) is 16.6. The predicted octanol–water partition coefficient (Wildman–Crippen LogP) is 0.641. The highest BCUT2D eigenvalue weighted by atomic mass is 35.5. The van der Waals surface area contributed by atoms with Crippen LogP contribution in [0, 0.1) is 0 Å². The Morgan fingerprint density at radius 3 is 2.84 bits per heavy atom. The monoisotopic (exact) mass is 288 g/mol. The summed E-state index contributed by atoms with van der Waals surface area (Å²) in [6, 6.07) is 0. The lowest BCUT2D eigenvalue weighted by atomic mass is 10.3. The van der Waals surface area contributed by atoms with E-state index in [0.29, 0.717) is 31.7 Å². The number of rotatable bonds is 7. The SMILES string of the molecule is CCC(O)CNc1cnn(CCN(C)C)c(=O)c1Cl. The van der Waals surface area contributed by atoms with Crippen molar-refractivity contribution in [3.8, 4) is 0 Å². The third-order valence-corrected chi connectivity index (χ3v) is 3.11. The molecule has 0 fully saturated rings. The number of aromatic nitrogens is 2. The zero-order valence-corrected chi connectivity index (χ0v) is 12.3. The van der Waals surface area contributed by atoms with Gasteiger partial charge in [-0.1, -0.05) is 18.5 Å². The molecule has 0 saturated carbocycles. The summed E-state index contributed by atoms with van der Waals surface area (Å²) in [7, 11) is 3.85. The van der Waals surface area contributed by atoms with Gasteiger partial charge in [-0.3, -0.25) is 4.79 Å². The molecule has 0 aliphatic heterocycles. The fourth-order valence-electron chi connectivity index (χ4n) is 1.41. The van der Waals surface area contributed by atoms with Gasteiger partial charge in [-0.25, -0.2) is 4.68 Å². The lowest BCUT2D eigenvalue weighted by Crippen LogP contribution is -2.29. The van der Waals surface area contributed by atoms with E-state index in [1.807, 2.05) is 25.9 Å². The van der Waals surface area contributed by atoms with E-state index in [1.165, 1.54) is 10.9 Å². The zero-order valence-electron chi connectivity index (χ0n) is 11.6. The standard InChI is InChI=1S/C12H21ClN4O2/c1-4-9(18)7-14-10-8-15-17(6-5-16(2)3)12(19)11(10)13/h8-9,14,18H,4-7H2,1-3H3. The van der Waals surface area contributed by atoms with Crippen LogP contribution >= 0.6 is 11.6 Å². The van der Waals surface area contributed by atoms with Gasteiger partial charge in [-0.2, -0.15) is 5.10 Å². The minimum Gasteiger partial charge on any atom is -0.391 e. The third-order valence-electron chi connectivity index (χ3n) is 2.74. The van der Waals surface area contributed by atoms with Crippen molar-refractivity contribution >= 4 is 17.3 Å². The topological polar surface area (TPSA) is 70.4 Å². The molecule has 108 valence electrons. The molecule has 1 heterocycles. The second-order valence-corrected chi connectivity index (χ2v) is 5.02. The molecule has 0 saturated heterocycles. The maximum Gasteiger partial charge on any atom is 0.287 e. The van der Waals surface area contributed by atoms with Crippen molar-refractivity contribution < 1.29 is 5.11 Å². The Balaban J connectivity index is 2.77. The summed E-state index contributed by atoms with van der Waals surface area (Å²) in [6.45, 7) is 3.43. The van der Waals surface area contributed by atoms with Crippen LogP contribution in [-0.4, -0.2) is 53.1 Å². The second-order valence-electron chi connectivity index (χ2n) is 4.65. The molecular formula is C12H21ClN4O2. The minimum atomic E-state index is -0.466. The number of aliphatic hydroxyl groups excluding tert-OH is 1. The molecule has 0 aliphatic carbocycles. The van der Waals surface area contributed by atoms with Crippen LogP contribution in [0.25, 0.3) is 0 Å². The van der Waals surface area contributed by atoms with Gasteiger partial charge in [0, 0.05) is 13.1 Å². The smallest absolute Gasteiger partial charge is 0.287 e. The van der Waals surface area contributed by atoms with E-state index in [0.717, 1.165) is 0 Å². The van der Waals surface area contributed by atoms with Crippen molar-refractivity contribution in [2.45, 2.75) is 26.0 Å². The molecule has 1 atom stereocenters. The van der Waals surface area contributed by atoms with Crippen molar-refractivity contribution in [3.63, 3.8) is 0 Å². The molecule has 6 nitrogen and oxygen atoms in total. The van der Waals surface area contributed by atoms with Crippen LogP contribution < -0.4 is 10.9 Å². The van der Waals surface area contributed by atoms with Gasteiger partial charge >= 0.3 is 0 Å². The van der Waals surface area contributed by atoms with E-state index >= 15 is 0 Å². The largest absolute Gasteiger partial charge is 0.391 e. The van der Waals surface area contributed by atoms with Crippen molar-refractivity contribution in [1.82, 2.24) is 14.7 Å². The third kappa shape index (κ3) is 4.81. The highest BCUT2D eigenvalue weighted by Crippen LogP contribution is 2.15. The molecule has 1 aromatic rings. The second kappa shape index (κ2) is 7.47. The Bertz CT molecular complexity index is 462. The van der Waals surface area contributed by atoms with E-state index in [4.69, 9.17) is 11.6 Å². The first kappa shape index (κ1) is 15.9. The quantitative estimate of drug-likeness (QED) is 0.771. The van der Waals surface area contributed by atoms with E-state index in [9.17, 15) is 9.90 Å². The molecule has 0 amide bonds. The highest BCUT2D eigenvalue weighted by Gasteiger charge is 2.10. The molecule has 0 bridgehead atoms. The molecule has 1 unspecified atom stereocenters. The first-order valence-electron chi connectivity index (χ1n) is 6.28. The molecule has 0 aromatic carbocycles. The Hall–Kier alpha value is -1.11. The number of hydrogen-bond acceptors (Lipinski definition) is 5. The molecule has 1 rings (SSSR count). The summed E-state index contributed by atoms with van der Waals surface area (Å²) in [5.41, 5.74) is 0.139. The molecule has 2 N–H and O–H groups in total. The molecule has 0 radical (unpaired) electrons. The minimum absolute atomic E-state index is 0.108. The van der Waals surface area contributed by atoms with E-state index in [2.05, 4.69) is 10.4 Å². The van der Waals surface area contributed by atoms with Crippen LogP contribution in [0.4, 0.5) is 5.69 Å². The number of anilines is 1. The van der Waals surface area contributed by atoms with Crippen LogP contribution in [0.2, 0.25) is 5.02 Å². The van der Waals surface area contributed by atoms with Crippen LogP contribution in [-0.2, 0) is 6.54 Å². The first-order valence-corrected chi connectivity index (χ1v) is 6.65. The fourth-order valence-corrected chi connectivity index (χ4v) is 1.63. The van der Waals surface area contributed by atoms with Gasteiger partial charge in [-0.15, -0.1) is 0 Å². The number of likely N-dealkylation sites (N-methyl/N-ethyl adjacent to an activating group) is 1. The average Bonchev–Trinajstić information content (AvgIpc) is 2.38. The maximum absolute atomic E-state index is 12.0. The molecule has 1 aromatic heterocycles. The van der Waals surface area contributed by atoms with Gasteiger partial charge in [0.25, 0.3) is 5.56 Å². The van der Waals surface area contributed by atoms with E-state index in [1.54, 1.807) is 0 Å². The number of halogens is 1. The van der Waals surface area contributed by atoms with Gasteiger partial charge in [0.05, 0.1) is 24.5 Å². The summed E-state index contributed by atoms with van der Waals surface area (Å²) in [4.78, 5) is 13.9. The Kier molecular flexibility index (Phi) is 6.27. The number of aliphatic hydroxyl groups is 1. The van der Waals surface area contributed by atoms with E-state index in [-0.39, 0.29) is 10.6 Å². The predicted molar refractivity (Wildman–Crippen MR) is 76.8 cm³/mol. The lowest BCUT2D eigenvalue weighted by molar-refractivity contribution is 0.183. The molecule has 0 spiro atoms. The number of hydrogen-bond donors (Lipinski definition) is 2. The average molecular weight is 289 g/mol. The molecule has 19 heavy (non-hydrogen) atoms. The van der Waals surface area contributed by atoms with Gasteiger partial charge < -0.3 is 15.3 Å². The Morgan fingerprint density at radius 2 is 2.26 bits per heavy atom. The molecular weight excluding hydrogens is 268 g/mol. The van der Waals surface area contributed by atoms with Crippen LogP contribution in [0.1, 0.15) is 13.3 Å². The first-order chi connectivity index (χ1) is 8.95. The highest BCUT2D eigenvalue weighted by molar-refractivity contribution is 6.32. The summed E-state index contributed by atoms with van der Waals surface area (Å²) in [5.74, 6) is 0. The van der Waals surface area contributed by atoms with Crippen LogP contribution in [0.5, 0.6) is 0 Å². The molecule has 0 aliphatic rings. The van der Waals surface area contributed by atoms with Gasteiger partial charge in [0.2, 0.25) is 0 Å². The molecule has 7 heteroatoms. The number of nitrogens with one attached hydrogen (secondary N) is 1. The Labute approximate surface area is 118 Å². The van der Waals surface area contributed by atoms with Gasteiger partial charge in [0.1, 0.15) is 5.02 Å². The van der Waals surface area contributed by atoms with Gasteiger partial charge in [0.15, 0.2) is 0 Å². The number of nitrogens with zero attached hydrogens (tertiary/aromatic N) is 3. The zero-order chi connectivity index (χ0) is 14.4. The van der Waals surface area contributed by atoms with Crippen molar-refractivity contribution in [2.75, 3.05) is 32.5 Å². The van der Waals surface area contributed by atoms with Crippen LogP contribution in [0.3, 0.4) is 0 Å². The van der Waals surface area contributed by atoms with Crippen molar-refractivity contribution in [3.05, 3.63) is 21.6 Å². The summed E-state index contributed by atoms with van der Waals surface area (Å²) in [6.07, 6.45) is 1.69. The maximum atomic E-state index is 12.0. The van der Waals surface area contributed by atoms with Crippen molar-refractivity contribution in [2.24, 2.45) is 0 Å². The van der Waals surface area contributed by atoms with Crippen molar-refractivity contribution in [1.29, 1.82) is 0 Å². The summed E-state index contributed by atoms with van der Waals surface area (Å²) < 4.78 is 1.34. The van der Waals surface area contributed by atoms with E-state index < -0.39 is 6.10 Å². The summed E-state index contributed by atoms with van der Waals surface area (Å²) >= 11 is 6.01. The van der Waals surface area contributed by atoms with Gasteiger partial charge in [-0.05, 0) is 20.5 Å². The van der Waals surface area contributed by atoms with Crippen LogP contribution in [0.15, 0.2) is 11.0 Å².